The Hall–Kier alpha value is -1.56. The lowest BCUT2D eigenvalue weighted by Crippen LogP contribution is -2.31. The van der Waals surface area contributed by atoms with Crippen molar-refractivity contribution in [3.8, 4) is 0 Å². The second kappa shape index (κ2) is 7.13. The van der Waals surface area contributed by atoms with Gasteiger partial charge in [-0.3, -0.25) is 0 Å². The number of hydrogen-bond acceptors (Lipinski definition) is 3. The molecule has 0 aromatic heterocycles. The third-order valence-electron chi connectivity index (χ3n) is 3.17. The molecule has 1 atom stereocenters. The molecule has 0 fully saturated rings. The normalized spacial score (nSPS) is 13.0. The molecule has 0 radical (unpaired) electrons. The van der Waals surface area contributed by atoms with Crippen molar-refractivity contribution in [2.24, 2.45) is 0 Å². The maximum atomic E-state index is 12.9. The molecule has 0 N–H and O–H groups in total. The molecule has 0 bridgehead atoms. The summed E-state index contributed by atoms with van der Waals surface area (Å²) >= 11 is 1.20. The Morgan fingerprint density at radius 3 is 2.23 bits per heavy atom. The van der Waals surface area contributed by atoms with Gasteiger partial charge in [-0.15, -0.1) is 10.3 Å². The first kappa shape index (κ1) is 16.8. The standard InChI is InChI=1S/C17H19NO2S2/c1-4-15(3)18(21-16-8-6-5-7-9-16)22(19,20)17-12-10-14(2)11-13-17/h4-13,15H,1H2,2-3H3/t15-/m1/s1. The largest absolute Gasteiger partial charge is 0.253 e. The van der Waals surface area contributed by atoms with Crippen LogP contribution in [0.1, 0.15) is 12.5 Å². The van der Waals surface area contributed by atoms with Gasteiger partial charge in [-0.05, 0) is 50.1 Å². The highest BCUT2D eigenvalue weighted by molar-refractivity contribution is 8.08. The Morgan fingerprint density at radius 2 is 1.68 bits per heavy atom. The summed E-state index contributed by atoms with van der Waals surface area (Å²) in [6, 6.07) is 16.0. The SMILES string of the molecule is C=C[C@@H](C)N(Sc1ccccc1)S(=O)(=O)c1ccc(C)cc1. The first-order chi connectivity index (χ1) is 10.4. The predicted octanol–water partition coefficient (Wildman–Crippen LogP) is 4.27. The number of rotatable bonds is 6. The Balaban J connectivity index is 2.39. The second-order valence-corrected chi connectivity index (χ2v) is 8.05. The molecule has 2 aromatic rings. The zero-order valence-corrected chi connectivity index (χ0v) is 14.3. The monoisotopic (exact) mass is 333 g/mol. The zero-order chi connectivity index (χ0) is 16.2. The van der Waals surface area contributed by atoms with Crippen molar-refractivity contribution in [2.75, 3.05) is 0 Å². The Kier molecular flexibility index (Phi) is 5.45. The van der Waals surface area contributed by atoms with Gasteiger partial charge >= 0.3 is 0 Å². The van der Waals surface area contributed by atoms with Crippen LogP contribution in [0, 0.1) is 6.92 Å². The molecule has 2 aromatic carbocycles. The van der Waals surface area contributed by atoms with Gasteiger partial charge in [-0.25, -0.2) is 8.42 Å². The average Bonchev–Trinajstić information content (AvgIpc) is 2.53. The summed E-state index contributed by atoms with van der Waals surface area (Å²) in [5.41, 5.74) is 1.03. The van der Waals surface area contributed by atoms with Crippen molar-refractivity contribution in [2.45, 2.75) is 29.7 Å². The summed E-state index contributed by atoms with van der Waals surface area (Å²) in [4.78, 5) is 1.15. The average molecular weight is 333 g/mol. The molecule has 0 unspecified atom stereocenters. The van der Waals surface area contributed by atoms with E-state index in [0.717, 1.165) is 10.5 Å². The van der Waals surface area contributed by atoms with E-state index in [2.05, 4.69) is 6.58 Å². The van der Waals surface area contributed by atoms with Crippen LogP contribution in [-0.4, -0.2) is 18.2 Å². The lowest BCUT2D eigenvalue weighted by Gasteiger charge is -2.25. The van der Waals surface area contributed by atoms with E-state index in [4.69, 9.17) is 0 Å². The molecule has 0 heterocycles. The highest BCUT2D eigenvalue weighted by Crippen LogP contribution is 2.31. The van der Waals surface area contributed by atoms with Crippen LogP contribution >= 0.6 is 11.9 Å². The van der Waals surface area contributed by atoms with Crippen LogP contribution in [0.15, 0.2) is 77.0 Å². The van der Waals surface area contributed by atoms with Gasteiger partial charge in [0.1, 0.15) is 0 Å². The summed E-state index contributed by atoms with van der Waals surface area (Å²) in [5, 5.41) is 0. The molecule has 2 rings (SSSR count). The molecule has 22 heavy (non-hydrogen) atoms. The summed E-state index contributed by atoms with van der Waals surface area (Å²) in [6.45, 7) is 7.47. The third kappa shape index (κ3) is 3.80. The van der Waals surface area contributed by atoms with Crippen LogP contribution in [-0.2, 0) is 10.0 Å². The summed E-state index contributed by atoms with van der Waals surface area (Å²) in [5.74, 6) is 0. The quantitative estimate of drug-likeness (QED) is 0.585. The molecule has 0 spiro atoms. The molecule has 5 heteroatoms. The smallest absolute Gasteiger partial charge is 0.206 e. The lowest BCUT2D eigenvalue weighted by atomic mass is 10.2. The van der Waals surface area contributed by atoms with Crippen LogP contribution in [0.25, 0.3) is 0 Å². The minimum Gasteiger partial charge on any atom is -0.206 e. The van der Waals surface area contributed by atoms with E-state index in [1.54, 1.807) is 30.3 Å². The fourth-order valence-electron chi connectivity index (χ4n) is 1.84. The molecule has 0 saturated heterocycles. The van der Waals surface area contributed by atoms with Crippen LogP contribution in [0.5, 0.6) is 0 Å². The topological polar surface area (TPSA) is 37.4 Å². The van der Waals surface area contributed by atoms with Gasteiger partial charge in [0.15, 0.2) is 0 Å². The van der Waals surface area contributed by atoms with Crippen LogP contribution in [0.3, 0.4) is 0 Å². The Morgan fingerprint density at radius 1 is 1.09 bits per heavy atom. The van der Waals surface area contributed by atoms with Crippen molar-refractivity contribution in [3.05, 3.63) is 72.8 Å². The maximum Gasteiger partial charge on any atom is 0.253 e. The molecule has 0 aliphatic rings. The van der Waals surface area contributed by atoms with Crippen LogP contribution < -0.4 is 0 Å². The van der Waals surface area contributed by atoms with E-state index in [9.17, 15) is 8.42 Å². The summed E-state index contributed by atoms with van der Waals surface area (Å²) < 4.78 is 27.2. The fourth-order valence-corrected chi connectivity index (χ4v) is 4.70. The van der Waals surface area contributed by atoms with E-state index in [0.29, 0.717) is 0 Å². The Labute approximate surface area is 136 Å². The lowest BCUT2D eigenvalue weighted by molar-refractivity contribution is 0.522. The van der Waals surface area contributed by atoms with Crippen molar-refractivity contribution in [1.82, 2.24) is 3.71 Å². The van der Waals surface area contributed by atoms with E-state index in [1.807, 2.05) is 44.2 Å². The molecular formula is C17H19NO2S2. The molecule has 0 aliphatic heterocycles. The molecule has 0 amide bonds. The van der Waals surface area contributed by atoms with E-state index >= 15 is 0 Å². The predicted molar refractivity (Wildman–Crippen MR) is 92.2 cm³/mol. The maximum absolute atomic E-state index is 12.9. The van der Waals surface area contributed by atoms with E-state index in [1.165, 1.54) is 15.7 Å². The van der Waals surface area contributed by atoms with Gasteiger partial charge < -0.3 is 0 Å². The molecule has 0 saturated carbocycles. The number of hydrogen-bond donors (Lipinski definition) is 0. The summed E-state index contributed by atoms with van der Waals surface area (Å²) in [7, 11) is -3.60. The molecule has 0 aliphatic carbocycles. The van der Waals surface area contributed by atoms with Crippen LogP contribution in [0.2, 0.25) is 0 Å². The third-order valence-corrected chi connectivity index (χ3v) is 6.65. The first-order valence-corrected chi connectivity index (χ1v) is 9.13. The first-order valence-electron chi connectivity index (χ1n) is 6.92. The van der Waals surface area contributed by atoms with E-state index < -0.39 is 10.0 Å². The van der Waals surface area contributed by atoms with Crippen LogP contribution in [0.4, 0.5) is 0 Å². The van der Waals surface area contributed by atoms with Gasteiger partial charge in [0, 0.05) is 4.90 Å². The van der Waals surface area contributed by atoms with Gasteiger partial charge in [0.05, 0.1) is 10.9 Å². The number of aryl methyl sites for hydroxylation is 1. The molecule has 116 valence electrons. The molecular weight excluding hydrogens is 314 g/mol. The molecule has 3 nitrogen and oxygen atoms in total. The summed E-state index contributed by atoms with van der Waals surface area (Å²) in [6.07, 6.45) is 1.63. The van der Waals surface area contributed by atoms with Gasteiger partial charge in [0.25, 0.3) is 10.0 Å². The van der Waals surface area contributed by atoms with Crippen molar-refractivity contribution >= 4 is 22.0 Å². The van der Waals surface area contributed by atoms with Gasteiger partial charge in [-0.1, -0.05) is 42.0 Å². The van der Waals surface area contributed by atoms with Gasteiger partial charge in [-0.2, -0.15) is 0 Å². The van der Waals surface area contributed by atoms with Crippen molar-refractivity contribution < 1.29 is 8.42 Å². The van der Waals surface area contributed by atoms with Gasteiger partial charge in [0.2, 0.25) is 0 Å². The van der Waals surface area contributed by atoms with Crippen molar-refractivity contribution in [1.29, 1.82) is 0 Å². The zero-order valence-electron chi connectivity index (χ0n) is 12.6. The number of nitrogens with zero attached hydrogens (tertiary/aromatic N) is 1. The van der Waals surface area contributed by atoms with E-state index in [-0.39, 0.29) is 10.9 Å². The second-order valence-electron chi connectivity index (χ2n) is 4.95. The fraction of sp³-hybridized carbons (Fsp3) is 0.176. The highest BCUT2D eigenvalue weighted by Gasteiger charge is 2.29. The minimum atomic E-state index is -3.60. The number of benzene rings is 2. The minimum absolute atomic E-state index is 0.287. The van der Waals surface area contributed by atoms with Crippen molar-refractivity contribution in [3.63, 3.8) is 0 Å². The Bertz CT molecular complexity index is 725. The number of sulfonamides is 1. The highest BCUT2D eigenvalue weighted by atomic mass is 32.3.